The topological polar surface area (TPSA) is 72.3 Å². The molecule has 0 heterocycles. The van der Waals surface area contributed by atoms with Gasteiger partial charge in [-0.1, -0.05) is 17.7 Å². The van der Waals surface area contributed by atoms with Gasteiger partial charge >= 0.3 is 0 Å². The van der Waals surface area contributed by atoms with E-state index in [4.69, 9.17) is 11.5 Å². The lowest BCUT2D eigenvalue weighted by Crippen LogP contribution is -2.34. The highest BCUT2D eigenvalue weighted by molar-refractivity contribution is 5.80. The van der Waals surface area contributed by atoms with Gasteiger partial charge in [-0.2, -0.15) is 0 Å². The largest absolute Gasteiger partial charge is 0.368 e. The average Bonchev–Trinajstić information content (AvgIpc) is 2.25. The van der Waals surface area contributed by atoms with Crippen LogP contribution in [0.2, 0.25) is 0 Å². The number of carbonyl (C=O) groups excluding carboxylic acids is 1. The van der Waals surface area contributed by atoms with E-state index >= 15 is 0 Å². The first-order valence-electron chi connectivity index (χ1n) is 5.41. The summed E-state index contributed by atoms with van der Waals surface area (Å²) in [6, 6.07) is 6.04. The molecule has 0 aromatic heterocycles. The predicted molar refractivity (Wildman–Crippen MR) is 66.2 cm³/mol. The highest BCUT2D eigenvalue weighted by atomic mass is 16.1. The molecule has 0 unspecified atom stereocenters. The Balaban J connectivity index is 3.03. The maximum absolute atomic E-state index is 11.0. The summed E-state index contributed by atoms with van der Waals surface area (Å²) in [4.78, 5) is 12.9. The third-order valence-electron chi connectivity index (χ3n) is 2.52. The van der Waals surface area contributed by atoms with Crippen LogP contribution in [0, 0.1) is 6.92 Å². The summed E-state index contributed by atoms with van der Waals surface area (Å²) in [7, 11) is 0. The normalized spacial score (nSPS) is 10.2. The number of benzene rings is 1. The van der Waals surface area contributed by atoms with Gasteiger partial charge in [-0.3, -0.25) is 4.79 Å². The number of hydrogen-bond donors (Lipinski definition) is 2. The Morgan fingerprint density at radius 3 is 2.62 bits per heavy atom. The van der Waals surface area contributed by atoms with Gasteiger partial charge < -0.3 is 16.4 Å². The van der Waals surface area contributed by atoms with Crippen molar-refractivity contribution in [1.29, 1.82) is 0 Å². The Bertz CT molecular complexity index is 377. The second-order valence-electron chi connectivity index (χ2n) is 3.82. The molecular weight excluding hydrogens is 202 g/mol. The fourth-order valence-corrected chi connectivity index (χ4v) is 1.74. The number of nitrogens with zero attached hydrogens (tertiary/aromatic N) is 1. The number of nitrogens with two attached hydrogens (primary N) is 2. The molecule has 0 fully saturated rings. The van der Waals surface area contributed by atoms with Gasteiger partial charge in [-0.05, 0) is 25.5 Å². The number of anilines is 1. The summed E-state index contributed by atoms with van der Waals surface area (Å²) in [6.45, 7) is 5.44. The number of aryl methyl sites for hydroxylation is 1. The minimum Gasteiger partial charge on any atom is -0.368 e. The van der Waals surface area contributed by atoms with Gasteiger partial charge in [-0.15, -0.1) is 0 Å². The summed E-state index contributed by atoms with van der Waals surface area (Å²) in [5.41, 5.74) is 14.1. The number of hydrogen-bond acceptors (Lipinski definition) is 3. The van der Waals surface area contributed by atoms with Crippen LogP contribution < -0.4 is 16.4 Å². The van der Waals surface area contributed by atoms with Crippen LogP contribution in [0.1, 0.15) is 18.1 Å². The first kappa shape index (κ1) is 12.5. The zero-order chi connectivity index (χ0) is 12.1. The lowest BCUT2D eigenvalue weighted by molar-refractivity contribution is -0.116. The van der Waals surface area contributed by atoms with E-state index in [1.54, 1.807) is 0 Å². The van der Waals surface area contributed by atoms with Crippen molar-refractivity contribution in [2.45, 2.75) is 20.4 Å². The highest BCUT2D eigenvalue weighted by Gasteiger charge is 2.11. The highest BCUT2D eigenvalue weighted by Crippen LogP contribution is 2.21. The number of carbonyl (C=O) groups is 1. The molecule has 1 aromatic rings. The van der Waals surface area contributed by atoms with E-state index in [0.717, 1.165) is 17.8 Å². The van der Waals surface area contributed by atoms with Crippen LogP contribution in [-0.2, 0) is 11.3 Å². The minimum atomic E-state index is -0.328. The van der Waals surface area contributed by atoms with E-state index in [0.29, 0.717) is 6.54 Å². The molecule has 0 spiro atoms. The molecule has 0 saturated heterocycles. The Kier molecular flexibility index (Phi) is 4.31. The van der Waals surface area contributed by atoms with Crippen LogP contribution in [0.3, 0.4) is 0 Å². The van der Waals surface area contributed by atoms with Crippen molar-refractivity contribution in [2.24, 2.45) is 11.5 Å². The van der Waals surface area contributed by atoms with E-state index < -0.39 is 0 Å². The maximum atomic E-state index is 11.0. The zero-order valence-electron chi connectivity index (χ0n) is 9.86. The van der Waals surface area contributed by atoms with Crippen LogP contribution >= 0.6 is 0 Å². The third kappa shape index (κ3) is 2.97. The second kappa shape index (κ2) is 5.51. The number of likely N-dealkylation sites (N-methyl/N-ethyl adjacent to an activating group) is 1. The van der Waals surface area contributed by atoms with Crippen molar-refractivity contribution in [2.75, 3.05) is 18.0 Å². The molecule has 0 bridgehead atoms. The van der Waals surface area contributed by atoms with E-state index in [-0.39, 0.29) is 12.5 Å². The summed E-state index contributed by atoms with van der Waals surface area (Å²) in [5.74, 6) is -0.328. The molecule has 1 aromatic carbocycles. The van der Waals surface area contributed by atoms with E-state index in [2.05, 4.69) is 0 Å². The molecule has 0 aliphatic rings. The number of primary amides is 1. The van der Waals surface area contributed by atoms with Crippen LogP contribution in [0.4, 0.5) is 5.69 Å². The number of rotatable bonds is 5. The smallest absolute Gasteiger partial charge is 0.236 e. The lowest BCUT2D eigenvalue weighted by Gasteiger charge is -2.24. The lowest BCUT2D eigenvalue weighted by atomic mass is 10.1. The molecular formula is C12H19N3O. The van der Waals surface area contributed by atoms with Crippen molar-refractivity contribution in [3.63, 3.8) is 0 Å². The minimum absolute atomic E-state index is 0.229. The van der Waals surface area contributed by atoms with Gasteiger partial charge in [0, 0.05) is 18.8 Å². The van der Waals surface area contributed by atoms with Crippen molar-refractivity contribution in [3.8, 4) is 0 Å². The van der Waals surface area contributed by atoms with Gasteiger partial charge in [-0.25, -0.2) is 0 Å². The van der Waals surface area contributed by atoms with Crippen molar-refractivity contribution >= 4 is 11.6 Å². The quantitative estimate of drug-likeness (QED) is 0.771. The van der Waals surface area contributed by atoms with Crippen molar-refractivity contribution in [3.05, 3.63) is 29.3 Å². The van der Waals surface area contributed by atoms with Gasteiger partial charge in [0.1, 0.15) is 0 Å². The SMILES string of the molecule is CCN(CC(N)=O)c1ccc(C)cc1CN. The fourth-order valence-electron chi connectivity index (χ4n) is 1.74. The first-order chi connectivity index (χ1) is 7.58. The first-order valence-corrected chi connectivity index (χ1v) is 5.41. The second-order valence-corrected chi connectivity index (χ2v) is 3.82. The Hall–Kier alpha value is -1.55. The van der Waals surface area contributed by atoms with Crippen LogP contribution in [0.5, 0.6) is 0 Å². The molecule has 1 amide bonds. The fraction of sp³-hybridized carbons (Fsp3) is 0.417. The van der Waals surface area contributed by atoms with Gasteiger partial charge in [0.05, 0.1) is 6.54 Å². The standard InChI is InChI=1S/C12H19N3O/c1-3-15(8-12(14)16)11-5-4-9(2)6-10(11)7-13/h4-6H,3,7-8,13H2,1-2H3,(H2,14,16). The van der Waals surface area contributed by atoms with Crippen molar-refractivity contribution < 1.29 is 4.79 Å². The molecule has 1 rings (SSSR count). The third-order valence-corrected chi connectivity index (χ3v) is 2.52. The van der Waals surface area contributed by atoms with E-state index in [9.17, 15) is 4.79 Å². The molecule has 4 N–H and O–H groups in total. The molecule has 4 nitrogen and oxygen atoms in total. The van der Waals surface area contributed by atoms with E-state index in [1.807, 2.05) is 36.9 Å². The van der Waals surface area contributed by atoms with Gasteiger partial charge in [0.25, 0.3) is 0 Å². The van der Waals surface area contributed by atoms with Crippen LogP contribution in [0.25, 0.3) is 0 Å². The molecule has 0 aliphatic carbocycles. The zero-order valence-corrected chi connectivity index (χ0v) is 9.86. The molecule has 88 valence electrons. The molecule has 16 heavy (non-hydrogen) atoms. The Morgan fingerprint density at radius 2 is 2.12 bits per heavy atom. The summed E-state index contributed by atoms with van der Waals surface area (Å²) in [6.07, 6.45) is 0. The van der Waals surface area contributed by atoms with Crippen molar-refractivity contribution in [1.82, 2.24) is 0 Å². The van der Waals surface area contributed by atoms with Crippen LogP contribution in [-0.4, -0.2) is 19.0 Å². The monoisotopic (exact) mass is 221 g/mol. The average molecular weight is 221 g/mol. The molecule has 0 atom stereocenters. The summed E-state index contributed by atoms with van der Waals surface area (Å²) >= 11 is 0. The Labute approximate surface area is 96.2 Å². The van der Waals surface area contributed by atoms with Crippen LogP contribution in [0.15, 0.2) is 18.2 Å². The summed E-state index contributed by atoms with van der Waals surface area (Å²) < 4.78 is 0. The predicted octanol–water partition coefficient (Wildman–Crippen LogP) is 0.765. The Morgan fingerprint density at radius 1 is 1.44 bits per heavy atom. The maximum Gasteiger partial charge on any atom is 0.236 e. The number of amides is 1. The molecule has 0 aliphatic heterocycles. The summed E-state index contributed by atoms with van der Waals surface area (Å²) in [5, 5.41) is 0. The molecule has 4 heteroatoms. The van der Waals surface area contributed by atoms with E-state index in [1.165, 1.54) is 5.56 Å². The molecule has 0 radical (unpaired) electrons. The molecule has 0 saturated carbocycles. The van der Waals surface area contributed by atoms with Gasteiger partial charge in [0.15, 0.2) is 0 Å². The van der Waals surface area contributed by atoms with Gasteiger partial charge in [0.2, 0.25) is 5.91 Å².